The van der Waals surface area contributed by atoms with Crippen molar-refractivity contribution in [2.24, 2.45) is 11.3 Å². The van der Waals surface area contributed by atoms with E-state index in [-0.39, 0.29) is 18.7 Å². The van der Waals surface area contributed by atoms with Gasteiger partial charge in [-0.2, -0.15) is 0 Å². The first-order valence-electron chi connectivity index (χ1n) is 6.19. The van der Waals surface area contributed by atoms with Gasteiger partial charge >= 0.3 is 5.97 Å². The van der Waals surface area contributed by atoms with Gasteiger partial charge in [0.05, 0.1) is 6.42 Å². The van der Waals surface area contributed by atoms with Gasteiger partial charge in [0.25, 0.3) is 0 Å². The van der Waals surface area contributed by atoms with Crippen molar-refractivity contribution < 1.29 is 14.7 Å². The van der Waals surface area contributed by atoms with E-state index in [9.17, 15) is 9.59 Å². The highest BCUT2D eigenvalue weighted by Gasteiger charge is 2.15. The van der Waals surface area contributed by atoms with Gasteiger partial charge in [-0.05, 0) is 24.2 Å². The molecule has 0 aromatic heterocycles. The van der Waals surface area contributed by atoms with Gasteiger partial charge in [0.15, 0.2) is 0 Å². The maximum atomic E-state index is 11.2. The van der Waals surface area contributed by atoms with Crippen molar-refractivity contribution in [3.63, 3.8) is 0 Å². The summed E-state index contributed by atoms with van der Waals surface area (Å²) in [4.78, 5) is 21.5. The van der Waals surface area contributed by atoms with Crippen LogP contribution in [0.2, 0.25) is 0 Å². The van der Waals surface area contributed by atoms with Crippen LogP contribution in [0.15, 0.2) is 0 Å². The zero-order valence-electron chi connectivity index (χ0n) is 11.4. The third-order valence-corrected chi connectivity index (χ3v) is 2.49. The minimum Gasteiger partial charge on any atom is -0.481 e. The van der Waals surface area contributed by atoms with Gasteiger partial charge in [0, 0.05) is 13.0 Å². The van der Waals surface area contributed by atoms with Crippen LogP contribution < -0.4 is 5.32 Å². The van der Waals surface area contributed by atoms with E-state index in [1.165, 1.54) is 0 Å². The molecule has 0 bridgehead atoms. The summed E-state index contributed by atoms with van der Waals surface area (Å²) in [6.45, 7) is 9.42. The third kappa shape index (κ3) is 11.2. The lowest BCUT2D eigenvalue weighted by Crippen LogP contribution is -2.26. The van der Waals surface area contributed by atoms with Crippen molar-refractivity contribution in [1.29, 1.82) is 0 Å². The Morgan fingerprint density at radius 2 is 1.82 bits per heavy atom. The molecule has 0 aliphatic rings. The molecule has 0 spiro atoms. The maximum absolute atomic E-state index is 11.2. The van der Waals surface area contributed by atoms with E-state index in [0.29, 0.717) is 17.9 Å². The monoisotopic (exact) mass is 243 g/mol. The average Bonchev–Trinajstić information content (AvgIpc) is 2.11. The van der Waals surface area contributed by atoms with Crippen molar-refractivity contribution in [2.45, 2.75) is 53.4 Å². The van der Waals surface area contributed by atoms with Crippen molar-refractivity contribution in [2.75, 3.05) is 6.54 Å². The predicted molar refractivity (Wildman–Crippen MR) is 67.7 cm³/mol. The van der Waals surface area contributed by atoms with Gasteiger partial charge in [-0.3, -0.25) is 9.59 Å². The fourth-order valence-corrected chi connectivity index (χ4v) is 1.91. The first-order valence-corrected chi connectivity index (χ1v) is 6.19. The summed E-state index contributed by atoms with van der Waals surface area (Å²) in [7, 11) is 0. The molecule has 1 atom stereocenters. The van der Waals surface area contributed by atoms with Crippen LogP contribution in [0.1, 0.15) is 53.4 Å². The highest BCUT2D eigenvalue weighted by Crippen LogP contribution is 2.25. The van der Waals surface area contributed by atoms with Crippen LogP contribution in [-0.2, 0) is 9.59 Å². The Labute approximate surface area is 104 Å². The summed E-state index contributed by atoms with van der Waals surface area (Å²) in [5.41, 5.74) is 0.312. The fraction of sp³-hybridized carbons (Fsp3) is 0.846. The van der Waals surface area contributed by atoms with E-state index in [4.69, 9.17) is 5.11 Å². The van der Waals surface area contributed by atoms with Gasteiger partial charge in [-0.15, -0.1) is 0 Å². The molecule has 0 aromatic rings. The fourth-order valence-electron chi connectivity index (χ4n) is 1.91. The van der Waals surface area contributed by atoms with Crippen LogP contribution in [-0.4, -0.2) is 23.5 Å². The van der Waals surface area contributed by atoms with Crippen molar-refractivity contribution in [1.82, 2.24) is 5.32 Å². The zero-order chi connectivity index (χ0) is 13.5. The number of amides is 1. The Hall–Kier alpha value is -1.06. The molecule has 0 fully saturated rings. The highest BCUT2D eigenvalue weighted by molar-refractivity contribution is 5.80. The third-order valence-electron chi connectivity index (χ3n) is 2.49. The number of carboxylic acids is 1. The molecule has 0 aliphatic carbocycles. The van der Waals surface area contributed by atoms with E-state index in [2.05, 4.69) is 33.0 Å². The number of nitrogens with one attached hydrogen (secondary N) is 1. The molecule has 4 heteroatoms. The number of carbonyl (C=O) groups excluding carboxylic acids is 1. The molecule has 1 unspecified atom stereocenters. The van der Waals surface area contributed by atoms with Crippen LogP contribution in [0.4, 0.5) is 0 Å². The van der Waals surface area contributed by atoms with Gasteiger partial charge < -0.3 is 10.4 Å². The summed E-state index contributed by atoms with van der Waals surface area (Å²) in [5, 5.41) is 11.2. The van der Waals surface area contributed by atoms with Crippen molar-refractivity contribution >= 4 is 11.9 Å². The van der Waals surface area contributed by atoms with Gasteiger partial charge in [-0.25, -0.2) is 0 Å². The summed E-state index contributed by atoms with van der Waals surface area (Å²) >= 11 is 0. The minimum atomic E-state index is -0.929. The number of rotatable bonds is 7. The molecule has 2 N–H and O–H groups in total. The molecule has 0 radical (unpaired) electrons. The van der Waals surface area contributed by atoms with Crippen LogP contribution >= 0.6 is 0 Å². The molecule has 17 heavy (non-hydrogen) atoms. The first kappa shape index (κ1) is 15.9. The van der Waals surface area contributed by atoms with Gasteiger partial charge in [0.2, 0.25) is 5.91 Å². The second-order valence-electron chi connectivity index (χ2n) is 5.90. The second-order valence-corrected chi connectivity index (χ2v) is 5.90. The molecule has 0 rings (SSSR count). The predicted octanol–water partition coefficient (Wildman–Crippen LogP) is 2.43. The summed E-state index contributed by atoms with van der Waals surface area (Å²) < 4.78 is 0. The van der Waals surface area contributed by atoms with Crippen LogP contribution in [0.5, 0.6) is 0 Å². The first-order chi connectivity index (χ1) is 7.70. The summed E-state index contributed by atoms with van der Waals surface area (Å²) in [5.74, 6) is -0.536. The smallest absolute Gasteiger partial charge is 0.303 e. The lowest BCUT2D eigenvalue weighted by Gasteiger charge is -2.23. The van der Waals surface area contributed by atoms with E-state index in [1.807, 2.05) is 0 Å². The summed E-state index contributed by atoms with van der Waals surface area (Å²) in [6, 6.07) is 0. The Morgan fingerprint density at radius 3 is 2.29 bits per heavy atom. The van der Waals surface area contributed by atoms with Crippen LogP contribution in [0.25, 0.3) is 0 Å². The molecule has 100 valence electrons. The molecule has 0 heterocycles. The lowest BCUT2D eigenvalue weighted by atomic mass is 9.84. The van der Waals surface area contributed by atoms with Crippen molar-refractivity contribution in [3.8, 4) is 0 Å². The van der Waals surface area contributed by atoms with Gasteiger partial charge in [-0.1, -0.05) is 27.7 Å². The van der Waals surface area contributed by atoms with Crippen LogP contribution in [0.3, 0.4) is 0 Å². The average molecular weight is 243 g/mol. The van der Waals surface area contributed by atoms with E-state index in [0.717, 1.165) is 12.8 Å². The normalized spacial score (nSPS) is 13.2. The topological polar surface area (TPSA) is 66.4 Å². The molecular weight excluding hydrogens is 218 g/mol. The Bertz CT molecular complexity index is 256. The maximum Gasteiger partial charge on any atom is 0.303 e. The molecular formula is C13H25NO3. The number of hydrogen-bond acceptors (Lipinski definition) is 2. The zero-order valence-corrected chi connectivity index (χ0v) is 11.4. The van der Waals surface area contributed by atoms with E-state index < -0.39 is 5.97 Å². The lowest BCUT2D eigenvalue weighted by molar-refractivity contribution is -0.138. The Kier molecular flexibility index (Phi) is 6.85. The Balaban J connectivity index is 3.62. The van der Waals surface area contributed by atoms with Crippen molar-refractivity contribution in [3.05, 3.63) is 0 Å². The second kappa shape index (κ2) is 7.30. The number of carbonyl (C=O) groups is 2. The number of hydrogen-bond donors (Lipinski definition) is 2. The van der Waals surface area contributed by atoms with Gasteiger partial charge in [0.1, 0.15) is 0 Å². The molecule has 0 saturated carbocycles. The summed E-state index contributed by atoms with van der Waals surface area (Å²) in [6.07, 6.45) is 2.04. The molecule has 4 nitrogen and oxygen atoms in total. The van der Waals surface area contributed by atoms with E-state index in [1.54, 1.807) is 0 Å². The van der Waals surface area contributed by atoms with E-state index >= 15 is 0 Å². The Morgan fingerprint density at radius 1 is 1.24 bits per heavy atom. The molecule has 0 saturated heterocycles. The molecule has 1 amide bonds. The number of aliphatic carboxylic acids is 1. The minimum absolute atomic E-state index is 0.0724. The quantitative estimate of drug-likeness (QED) is 0.721. The molecule has 0 aliphatic heterocycles. The van der Waals surface area contributed by atoms with Crippen LogP contribution in [0, 0.1) is 11.3 Å². The largest absolute Gasteiger partial charge is 0.481 e. The standard InChI is InChI=1S/C13H25NO3/c1-10(9-13(2,3)4)7-8-14-11(15)5-6-12(16)17/h10H,5-9H2,1-4H3,(H,14,15)(H,16,17). The molecule has 0 aromatic carbocycles. The number of carboxylic acid groups (broad SMARTS) is 1. The SMILES string of the molecule is CC(CCNC(=O)CCC(=O)O)CC(C)(C)C. The highest BCUT2D eigenvalue weighted by atomic mass is 16.4.